The van der Waals surface area contributed by atoms with Crippen LogP contribution in [0.1, 0.15) is 58.4 Å². The molecule has 0 spiro atoms. The number of hydrogen-bond donors (Lipinski definition) is 2. The maximum Gasteiger partial charge on any atom is 0.408 e. The Morgan fingerprint density at radius 1 is 1.12 bits per heavy atom. The average Bonchev–Trinajstić information content (AvgIpc) is 2.59. The monoisotopic (exact) mass is 360 g/mol. The van der Waals surface area contributed by atoms with E-state index in [-0.39, 0.29) is 5.91 Å². The molecule has 2 N–H and O–H groups in total. The molecule has 0 bridgehead atoms. The standard InChI is InChI=1S/C21H32N2O3/c1-21(2,3)26-20(25)23-18(14-16-10-6-4-7-11-16)19(24)22-15-17-12-8-5-9-13-17/h4,6-7,10-11,17-18H,5,8-9,12-15H2,1-3H3,(H,22,24)(H,23,25)/t18-/m0/s1. The van der Waals surface area contributed by atoms with Crippen LogP contribution in [0.2, 0.25) is 0 Å². The number of alkyl carbamates (subject to hydrolysis) is 1. The van der Waals surface area contributed by atoms with Gasteiger partial charge in [-0.3, -0.25) is 4.79 Å². The van der Waals surface area contributed by atoms with Gasteiger partial charge in [0, 0.05) is 13.0 Å². The number of ether oxygens (including phenoxy) is 1. The first-order chi connectivity index (χ1) is 12.3. The summed E-state index contributed by atoms with van der Waals surface area (Å²) in [5, 5.41) is 5.77. The molecule has 1 atom stereocenters. The van der Waals surface area contributed by atoms with E-state index in [9.17, 15) is 9.59 Å². The zero-order valence-electron chi connectivity index (χ0n) is 16.2. The SMILES string of the molecule is CC(C)(C)OC(=O)N[C@@H](Cc1ccccc1)C(=O)NCC1CCCCC1. The highest BCUT2D eigenvalue weighted by atomic mass is 16.6. The molecule has 0 aliphatic heterocycles. The third kappa shape index (κ3) is 7.46. The maximum atomic E-state index is 12.7. The smallest absolute Gasteiger partial charge is 0.408 e. The first-order valence-corrected chi connectivity index (χ1v) is 9.64. The average molecular weight is 360 g/mol. The molecule has 144 valence electrons. The number of carbonyl (C=O) groups excluding carboxylic acids is 2. The van der Waals surface area contributed by atoms with Crippen LogP contribution in [0, 0.1) is 5.92 Å². The van der Waals surface area contributed by atoms with Crippen LogP contribution in [0.15, 0.2) is 30.3 Å². The lowest BCUT2D eigenvalue weighted by Gasteiger charge is -2.25. The van der Waals surface area contributed by atoms with E-state index >= 15 is 0 Å². The summed E-state index contributed by atoms with van der Waals surface area (Å²) in [7, 11) is 0. The Morgan fingerprint density at radius 3 is 2.38 bits per heavy atom. The van der Waals surface area contributed by atoms with Crippen LogP contribution in [0.25, 0.3) is 0 Å². The minimum Gasteiger partial charge on any atom is -0.444 e. The topological polar surface area (TPSA) is 67.4 Å². The first-order valence-electron chi connectivity index (χ1n) is 9.64. The van der Waals surface area contributed by atoms with Gasteiger partial charge in [-0.05, 0) is 45.1 Å². The fourth-order valence-corrected chi connectivity index (χ4v) is 3.27. The van der Waals surface area contributed by atoms with Gasteiger partial charge in [-0.15, -0.1) is 0 Å². The van der Waals surface area contributed by atoms with Gasteiger partial charge in [0.1, 0.15) is 11.6 Å². The van der Waals surface area contributed by atoms with Crippen molar-refractivity contribution in [3.8, 4) is 0 Å². The van der Waals surface area contributed by atoms with Gasteiger partial charge in [-0.2, -0.15) is 0 Å². The van der Waals surface area contributed by atoms with Crippen molar-refractivity contribution in [2.24, 2.45) is 5.92 Å². The summed E-state index contributed by atoms with van der Waals surface area (Å²) in [6.07, 6.45) is 5.99. The zero-order valence-corrected chi connectivity index (χ0v) is 16.2. The van der Waals surface area contributed by atoms with Crippen LogP contribution in [-0.4, -0.2) is 30.2 Å². The zero-order chi connectivity index (χ0) is 19.0. The summed E-state index contributed by atoms with van der Waals surface area (Å²) in [5.74, 6) is 0.400. The quantitative estimate of drug-likeness (QED) is 0.810. The number of hydrogen-bond acceptors (Lipinski definition) is 3. The van der Waals surface area contributed by atoms with Gasteiger partial charge in [0.05, 0.1) is 0 Å². The predicted molar refractivity (Wildman–Crippen MR) is 103 cm³/mol. The van der Waals surface area contributed by atoms with Crippen molar-refractivity contribution in [3.63, 3.8) is 0 Å². The minimum absolute atomic E-state index is 0.148. The number of amides is 2. The van der Waals surface area contributed by atoms with Crippen LogP contribution < -0.4 is 10.6 Å². The molecule has 26 heavy (non-hydrogen) atoms. The lowest BCUT2D eigenvalue weighted by Crippen LogP contribution is -2.50. The Labute approximate surface area is 156 Å². The van der Waals surface area contributed by atoms with Crippen LogP contribution >= 0.6 is 0 Å². The second-order valence-corrected chi connectivity index (χ2v) is 8.14. The summed E-state index contributed by atoms with van der Waals surface area (Å²) in [4.78, 5) is 24.9. The van der Waals surface area contributed by atoms with Crippen molar-refractivity contribution >= 4 is 12.0 Å². The van der Waals surface area contributed by atoms with E-state index < -0.39 is 17.7 Å². The Kier molecular flexibility index (Phi) is 7.49. The first kappa shape index (κ1) is 20.3. The predicted octanol–water partition coefficient (Wildman–Crippen LogP) is 3.82. The summed E-state index contributed by atoms with van der Waals surface area (Å²) < 4.78 is 5.32. The van der Waals surface area contributed by atoms with Gasteiger partial charge in [0.25, 0.3) is 0 Å². The second-order valence-electron chi connectivity index (χ2n) is 8.14. The fourth-order valence-electron chi connectivity index (χ4n) is 3.27. The van der Waals surface area contributed by atoms with Crippen LogP contribution in [-0.2, 0) is 16.0 Å². The van der Waals surface area contributed by atoms with Crippen molar-refractivity contribution in [3.05, 3.63) is 35.9 Å². The lowest BCUT2D eigenvalue weighted by atomic mass is 9.89. The van der Waals surface area contributed by atoms with Gasteiger partial charge in [-0.1, -0.05) is 49.6 Å². The van der Waals surface area contributed by atoms with Crippen molar-refractivity contribution in [1.29, 1.82) is 0 Å². The molecule has 1 aliphatic carbocycles. The Balaban J connectivity index is 1.96. The largest absolute Gasteiger partial charge is 0.444 e. The van der Waals surface area contributed by atoms with E-state index in [2.05, 4.69) is 10.6 Å². The Morgan fingerprint density at radius 2 is 1.77 bits per heavy atom. The summed E-state index contributed by atoms with van der Waals surface area (Å²) in [6.45, 7) is 6.10. The summed E-state index contributed by atoms with van der Waals surface area (Å²) >= 11 is 0. The van der Waals surface area contributed by atoms with Crippen LogP contribution in [0.5, 0.6) is 0 Å². The Bertz CT molecular complexity index is 575. The molecule has 1 fully saturated rings. The molecule has 5 heteroatoms. The van der Waals surface area contributed by atoms with Gasteiger partial charge >= 0.3 is 6.09 Å². The molecule has 0 heterocycles. The summed E-state index contributed by atoms with van der Waals surface area (Å²) in [5.41, 5.74) is 0.404. The molecule has 0 unspecified atom stereocenters. The van der Waals surface area contributed by atoms with Crippen LogP contribution in [0.3, 0.4) is 0 Å². The van der Waals surface area contributed by atoms with Crippen molar-refractivity contribution in [2.75, 3.05) is 6.54 Å². The number of carbonyl (C=O) groups is 2. The third-order valence-electron chi connectivity index (χ3n) is 4.58. The maximum absolute atomic E-state index is 12.7. The minimum atomic E-state index is -0.643. The van der Waals surface area contributed by atoms with E-state index in [4.69, 9.17) is 4.74 Å². The van der Waals surface area contributed by atoms with Crippen LogP contribution in [0.4, 0.5) is 4.79 Å². The van der Waals surface area contributed by atoms with Gasteiger partial charge in [0.2, 0.25) is 5.91 Å². The highest BCUT2D eigenvalue weighted by Crippen LogP contribution is 2.22. The van der Waals surface area contributed by atoms with Crippen molar-refractivity contribution < 1.29 is 14.3 Å². The number of nitrogens with one attached hydrogen (secondary N) is 2. The molecular formula is C21H32N2O3. The number of benzene rings is 1. The molecule has 1 aliphatic rings. The highest BCUT2D eigenvalue weighted by molar-refractivity contribution is 5.86. The Hall–Kier alpha value is -2.04. The molecule has 5 nitrogen and oxygen atoms in total. The van der Waals surface area contributed by atoms with E-state index in [1.165, 1.54) is 32.1 Å². The number of rotatable bonds is 6. The molecule has 1 saturated carbocycles. The third-order valence-corrected chi connectivity index (χ3v) is 4.58. The highest BCUT2D eigenvalue weighted by Gasteiger charge is 2.25. The van der Waals surface area contributed by atoms with E-state index in [0.29, 0.717) is 18.9 Å². The summed E-state index contributed by atoms with van der Waals surface area (Å²) in [6, 6.07) is 9.06. The molecule has 0 saturated heterocycles. The molecule has 0 aromatic heterocycles. The van der Waals surface area contributed by atoms with Gasteiger partial charge in [-0.25, -0.2) is 4.79 Å². The molecule has 2 rings (SSSR count). The molecule has 2 amide bonds. The normalized spacial score (nSPS) is 16.6. The van der Waals surface area contributed by atoms with E-state index in [1.807, 2.05) is 51.1 Å². The molecule has 1 aromatic rings. The van der Waals surface area contributed by atoms with E-state index in [0.717, 1.165) is 5.56 Å². The van der Waals surface area contributed by atoms with Crippen molar-refractivity contribution in [1.82, 2.24) is 10.6 Å². The second kappa shape index (κ2) is 9.60. The molecular weight excluding hydrogens is 328 g/mol. The van der Waals surface area contributed by atoms with Crippen molar-refractivity contribution in [2.45, 2.75) is 70.9 Å². The lowest BCUT2D eigenvalue weighted by molar-refractivity contribution is -0.123. The molecule has 0 radical (unpaired) electrons. The van der Waals surface area contributed by atoms with Gasteiger partial charge < -0.3 is 15.4 Å². The molecule has 1 aromatic carbocycles. The fraction of sp³-hybridized carbons (Fsp3) is 0.619. The van der Waals surface area contributed by atoms with Gasteiger partial charge in [0.15, 0.2) is 0 Å². The van der Waals surface area contributed by atoms with E-state index in [1.54, 1.807) is 0 Å².